The van der Waals surface area contributed by atoms with E-state index in [-0.39, 0.29) is 5.56 Å². The van der Waals surface area contributed by atoms with Gasteiger partial charge in [-0.2, -0.15) is 0 Å². The molecular formula is C11H13ClN2O3. The molecule has 2 rings (SSSR count). The molecule has 0 aromatic carbocycles. The van der Waals surface area contributed by atoms with E-state index in [4.69, 9.17) is 16.7 Å². The van der Waals surface area contributed by atoms with Gasteiger partial charge in [-0.15, -0.1) is 0 Å². The number of carboxylic acids is 1. The molecular weight excluding hydrogens is 244 g/mol. The van der Waals surface area contributed by atoms with Gasteiger partial charge in [0, 0.05) is 19.3 Å². The van der Waals surface area contributed by atoms with Gasteiger partial charge in [-0.25, -0.2) is 9.78 Å². The molecule has 0 bridgehead atoms. The minimum Gasteiger partial charge on any atom is -0.478 e. The number of hydrogen-bond donors (Lipinski definition) is 2. The maximum atomic E-state index is 10.7. The molecule has 0 amide bonds. The highest BCUT2D eigenvalue weighted by molar-refractivity contribution is 6.33. The number of rotatable bonds is 2. The Hall–Kier alpha value is -1.33. The Morgan fingerprint density at radius 3 is 2.82 bits per heavy atom. The molecule has 1 atom stereocenters. The maximum absolute atomic E-state index is 10.7. The lowest BCUT2D eigenvalue weighted by Crippen LogP contribution is -2.30. The molecule has 0 saturated carbocycles. The molecule has 0 aliphatic carbocycles. The van der Waals surface area contributed by atoms with E-state index in [1.165, 1.54) is 12.3 Å². The molecule has 0 radical (unpaired) electrons. The average Bonchev–Trinajstić information content (AvgIpc) is 2.58. The Kier molecular flexibility index (Phi) is 2.97. The highest BCUT2D eigenvalue weighted by atomic mass is 35.5. The molecule has 2 heterocycles. The van der Waals surface area contributed by atoms with Gasteiger partial charge < -0.3 is 15.1 Å². The molecule has 1 fully saturated rings. The van der Waals surface area contributed by atoms with Crippen LogP contribution in [0.3, 0.4) is 0 Å². The Morgan fingerprint density at radius 1 is 1.65 bits per heavy atom. The zero-order valence-corrected chi connectivity index (χ0v) is 10.1. The molecule has 2 N–H and O–H groups in total. The second-order valence-corrected chi connectivity index (χ2v) is 4.91. The van der Waals surface area contributed by atoms with E-state index in [1.54, 1.807) is 6.92 Å². The molecule has 6 heteroatoms. The van der Waals surface area contributed by atoms with E-state index in [9.17, 15) is 9.90 Å². The summed E-state index contributed by atoms with van der Waals surface area (Å²) in [6.07, 6.45) is 1.92. The molecule has 1 aromatic rings. The Morgan fingerprint density at radius 2 is 2.35 bits per heavy atom. The lowest BCUT2D eigenvalue weighted by atomic mass is 10.1. The second kappa shape index (κ2) is 4.16. The average molecular weight is 257 g/mol. The summed E-state index contributed by atoms with van der Waals surface area (Å²) in [5.41, 5.74) is -0.680. The van der Waals surface area contributed by atoms with Crippen molar-refractivity contribution in [1.29, 1.82) is 0 Å². The Balaban J connectivity index is 2.26. The summed E-state index contributed by atoms with van der Waals surface area (Å²) in [6, 6.07) is 1.37. The zero-order chi connectivity index (χ0) is 12.6. The standard InChI is InChI=1S/C11H13ClN2O3/c1-11(17)2-3-14(6-11)9-8(12)4-7(5-13-9)10(15)16/h4-5,17H,2-3,6H2,1H3,(H,15,16). The van der Waals surface area contributed by atoms with Crippen LogP contribution in [0.1, 0.15) is 23.7 Å². The van der Waals surface area contributed by atoms with E-state index in [1.807, 2.05) is 4.90 Å². The maximum Gasteiger partial charge on any atom is 0.337 e. The van der Waals surface area contributed by atoms with Gasteiger partial charge in [-0.05, 0) is 19.4 Å². The van der Waals surface area contributed by atoms with E-state index in [2.05, 4.69) is 4.98 Å². The van der Waals surface area contributed by atoms with Crippen molar-refractivity contribution in [3.05, 3.63) is 22.8 Å². The number of β-amino-alcohol motifs (C(OH)–C–C–N with tert-alkyl or cyclic N) is 1. The summed E-state index contributed by atoms with van der Waals surface area (Å²) < 4.78 is 0. The van der Waals surface area contributed by atoms with Crippen molar-refractivity contribution >= 4 is 23.4 Å². The van der Waals surface area contributed by atoms with Gasteiger partial charge in [-0.3, -0.25) is 0 Å². The summed E-state index contributed by atoms with van der Waals surface area (Å²) in [5, 5.41) is 18.9. The Labute approximate surface area is 104 Å². The summed E-state index contributed by atoms with van der Waals surface area (Å²) in [4.78, 5) is 16.6. The first-order valence-corrected chi connectivity index (χ1v) is 5.63. The third-order valence-electron chi connectivity index (χ3n) is 2.82. The molecule has 1 aliphatic heterocycles. The normalized spacial score (nSPS) is 24.1. The first kappa shape index (κ1) is 12.1. The van der Waals surface area contributed by atoms with Crippen molar-refractivity contribution < 1.29 is 15.0 Å². The van der Waals surface area contributed by atoms with E-state index >= 15 is 0 Å². The van der Waals surface area contributed by atoms with Crippen LogP contribution in [-0.2, 0) is 0 Å². The summed E-state index contributed by atoms with van der Waals surface area (Å²) in [6.45, 7) is 2.87. The number of aliphatic hydroxyl groups is 1. The number of carbonyl (C=O) groups is 1. The van der Waals surface area contributed by atoms with Crippen molar-refractivity contribution in [1.82, 2.24) is 4.98 Å². The Bertz CT molecular complexity index is 462. The molecule has 1 saturated heterocycles. The number of halogens is 1. The van der Waals surface area contributed by atoms with Crippen molar-refractivity contribution in [3.63, 3.8) is 0 Å². The van der Waals surface area contributed by atoms with Crippen LogP contribution in [0.4, 0.5) is 5.82 Å². The number of anilines is 1. The number of carboxylic acid groups (broad SMARTS) is 1. The van der Waals surface area contributed by atoms with Gasteiger partial charge >= 0.3 is 5.97 Å². The highest BCUT2D eigenvalue weighted by Gasteiger charge is 2.32. The smallest absolute Gasteiger partial charge is 0.337 e. The highest BCUT2D eigenvalue weighted by Crippen LogP contribution is 2.30. The third-order valence-corrected chi connectivity index (χ3v) is 3.10. The van der Waals surface area contributed by atoms with Crippen LogP contribution in [0.25, 0.3) is 0 Å². The van der Waals surface area contributed by atoms with Crippen LogP contribution >= 0.6 is 11.6 Å². The van der Waals surface area contributed by atoms with Crippen molar-refractivity contribution in [3.8, 4) is 0 Å². The monoisotopic (exact) mass is 256 g/mol. The van der Waals surface area contributed by atoms with Gasteiger partial charge in [0.15, 0.2) is 0 Å². The zero-order valence-electron chi connectivity index (χ0n) is 9.35. The van der Waals surface area contributed by atoms with Crippen LogP contribution in [0, 0.1) is 0 Å². The van der Waals surface area contributed by atoms with Crippen LogP contribution in [0.5, 0.6) is 0 Å². The summed E-state index contributed by atoms with van der Waals surface area (Å²) >= 11 is 6.00. The molecule has 17 heavy (non-hydrogen) atoms. The SMILES string of the molecule is CC1(O)CCN(c2ncc(C(=O)O)cc2Cl)C1. The van der Waals surface area contributed by atoms with Gasteiger partial charge in [0.1, 0.15) is 5.82 Å². The van der Waals surface area contributed by atoms with Crippen molar-refractivity contribution in [2.24, 2.45) is 0 Å². The van der Waals surface area contributed by atoms with E-state index in [0.717, 1.165) is 0 Å². The third kappa shape index (κ3) is 2.50. The lowest BCUT2D eigenvalue weighted by Gasteiger charge is -2.20. The topological polar surface area (TPSA) is 73.7 Å². The van der Waals surface area contributed by atoms with Crippen LogP contribution in [-0.4, -0.2) is 39.9 Å². The summed E-state index contributed by atoms with van der Waals surface area (Å²) in [5.74, 6) is -0.534. The van der Waals surface area contributed by atoms with Crippen molar-refractivity contribution in [2.75, 3.05) is 18.0 Å². The molecule has 0 spiro atoms. The predicted molar refractivity (Wildman–Crippen MR) is 63.7 cm³/mol. The fourth-order valence-electron chi connectivity index (χ4n) is 1.91. The van der Waals surface area contributed by atoms with E-state index < -0.39 is 11.6 Å². The summed E-state index contributed by atoms with van der Waals surface area (Å²) in [7, 11) is 0. The first-order chi connectivity index (χ1) is 7.89. The number of pyridine rings is 1. The fourth-order valence-corrected chi connectivity index (χ4v) is 2.19. The molecule has 1 aliphatic rings. The van der Waals surface area contributed by atoms with Crippen LogP contribution < -0.4 is 4.90 Å². The fraction of sp³-hybridized carbons (Fsp3) is 0.455. The largest absolute Gasteiger partial charge is 0.478 e. The second-order valence-electron chi connectivity index (χ2n) is 4.50. The van der Waals surface area contributed by atoms with Gasteiger partial charge in [0.2, 0.25) is 0 Å². The van der Waals surface area contributed by atoms with Crippen molar-refractivity contribution in [2.45, 2.75) is 18.9 Å². The van der Waals surface area contributed by atoms with E-state index in [0.29, 0.717) is 30.4 Å². The number of hydrogen-bond acceptors (Lipinski definition) is 4. The first-order valence-electron chi connectivity index (χ1n) is 5.25. The number of nitrogens with zero attached hydrogens (tertiary/aromatic N) is 2. The molecule has 92 valence electrons. The minimum absolute atomic E-state index is 0.0599. The molecule has 1 aromatic heterocycles. The lowest BCUT2D eigenvalue weighted by molar-refractivity contribution is 0.0696. The van der Waals surface area contributed by atoms with Gasteiger partial charge in [0.05, 0.1) is 16.2 Å². The quantitative estimate of drug-likeness (QED) is 0.837. The van der Waals surface area contributed by atoms with Crippen LogP contribution in [0.15, 0.2) is 12.3 Å². The molecule has 5 nitrogen and oxygen atoms in total. The van der Waals surface area contributed by atoms with Crippen LogP contribution in [0.2, 0.25) is 5.02 Å². The van der Waals surface area contributed by atoms with Gasteiger partial charge in [-0.1, -0.05) is 11.6 Å². The predicted octanol–water partition coefficient (Wildman–Crippen LogP) is 1.39. The van der Waals surface area contributed by atoms with Gasteiger partial charge in [0.25, 0.3) is 0 Å². The number of aromatic nitrogens is 1. The molecule has 1 unspecified atom stereocenters. The number of aromatic carboxylic acids is 1. The minimum atomic E-state index is -1.06.